The normalized spacial score (nSPS) is 18.2. The van der Waals surface area contributed by atoms with Crippen LogP contribution in [0.1, 0.15) is 5.69 Å². The summed E-state index contributed by atoms with van der Waals surface area (Å²) >= 11 is 1.29. The Labute approximate surface area is 93.5 Å². The predicted octanol–water partition coefficient (Wildman–Crippen LogP) is 0.123. The molecule has 0 spiro atoms. The number of nitrogens with zero attached hydrogens (tertiary/aromatic N) is 2. The zero-order chi connectivity index (χ0) is 10.7. The highest BCUT2D eigenvalue weighted by Gasteiger charge is 2.10. The summed E-state index contributed by atoms with van der Waals surface area (Å²) in [7, 11) is 0. The highest BCUT2D eigenvalue weighted by molar-refractivity contribution is 7.07. The Kier molecular flexibility index (Phi) is 3.56. The summed E-state index contributed by atoms with van der Waals surface area (Å²) in [6.07, 6.45) is 0. The molecule has 0 bridgehead atoms. The number of hydrogen-bond donors (Lipinski definition) is 1. The molecular weight excluding hydrogens is 210 g/mol. The average Bonchev–Trinajstić information content (AvgIpc) is 2.58. The average molecular weight is 227 g/mol. The Morgan fingerprint density at radius 3 is 2.73 bits per heavy atom. The first-order valence-corrected chi connectivity index (χ1v) is 6.23. The second-order valence-electron chi connectivity index (χ2n) is 3.89. The molecule has 0 atom stereocenters. The van der Waals surface area contributed by atoms with E-state index < -0.39 is 0 Å². The molecular formula is C10H17N3OS. The molecule has 84 valence electrons. The second kappa shape index (κ2) is 4.92. The van der Waals surface area contributed by atoms with E-state index in [9.17, 15) is 4.79 Å². The molecule has 15 heavy (non-hydrogen) atoms. The van der Waals surface area contributed by atoms with Crippen LogP contribution in [-0.4, -0.2) is 42.2 Å². The predicted molar refractivity (Wildman–Crippen MR) is 62.6 cm³/mol. The summed E-state index contributed by atoms with van der Waals surface area (Å²) in [4.78, 5) is 14.0. The first kappa shape index (κ1) is 10.9. The van der Waals surface area contributed by atoms with Crippen molar-refractivity contribution in [3.05, 3.63) is 20.7 Å². The van der Waals surface area contributed by atoms with Crippen molar-refractivity contribution in [3.8, 4) is 0 Å². The van der Waals surface area contributed by atoms with Crippen LogP contribution >= 0.6 is 11.3 Å². The van der Waals surface area contributed by atoms with Crippen molar-refractivity contribution in [2.45, 2.75) is 13.5 Å². The molecule has 0 aromatic carbocycles. The van der Waals surface area contributed by atoms with Gasteiger partial charge in [-0.05, 0) is 6.92 Å². The second-order valence-corrected chi connectivity index (χ2v) is 4.71. The maximum atomic E-state index is 11.5. The summed E-state index contributed by atoms with van der Waals surface area (Å²) in [5.74, 6) is 0. The topological polar surface area (TPSA) is 37.3 Å². The molecule has 0 aliphatic carbocycles. The van der Waals surface area contributed by atoms with Crippen molar-refractivity contribution >= 4 is 11.3 Å². The van der Waals surface area contributed by atoms with Gasteiger partial charge in [-0.15, -0.1) is 0 Å². The van der Waals surface area contributed by atoms with Gasteiger partial charge >= 0.3 is 4.87 Å². The monoisotopic (exact) mass is 227 g/mol. The van der Waals surface area contributed by atoms with Gasteiger partial charge < -0.3 is 9.88 Å². The lowest BCUT2D eigenvalue weighted by Gasteiger charge is -2.27. The summed E-state index contributed by atoms with van der Waals surface area (Å²) in [5.41, 5.74) is 1.08. The quantitative estimate of drug-likeness (QED) is 0.797. The Hall–Kier alpha value is -0.650. The molecule has 0 saturated carbocycles. The molecule has 2 heterocycles. The minimum Gasteiger partial charge on any atom is -0.314 e. The van der Waals surface area contributed by atoms with Gasteiger partial charge in [-0.2, -0.15) is 0 Å². The molecule has 0 amide bonds. The molecule has 1 aromatic heterocycles. The Balaban J connectivity index is 1.89. The molecule has 1 aromatic rings. The number of aromatic nitrogens is 1. The van der Waals surface area contributed by atoms with E-state index in [0.717, 1.165) is 45.0 Å². The molecule has 4 nitrogen and oxygen atoms in total. The summed E-state index contributed by atoms with van der Waals surface area (Å²) in [5, 5.41) is 5.25. The highest BCUT2D eigenvalue weighted by Crippen LogP contribution is 2.00. The highest BCUT2D eigenvalue weighted by atomic mass is 32.1. The van der Waals surface area contributed by atoms with Crippen LogP contribution in [0.3, 0.4) is 0 Å². The van der Waals surface area contributed by atoms with Crippen LogP contribution in [-0.2, 0) is 6.54 Å². The Morgan fingerprint density at radius 2 is 2.13 bits per heavy atom. The lowest BCUT2D eigenvalue weighted by molar-refractivity contribution is 0.231. The first-order valence-electron chi connectivity index (χ1n) is 5.35. The molecule has 2 rings (SSSR count). The van der Waals surface area contributed by atoms with Crippen LogP contribution in [0.2, 0.25) is 0 Å². The SMILES string of the molecule is Cc1csc(=O)n1CCN1CCNCC1. The number of nitrogens with one attached hydrogen (secondary N) is 1. The fourth-order valence-electron chi connectivity index (χ4n) is 1.85. The largest absolute Gasteiger partial charge is 0.314 e. The lowest BCUT2D eigenvalue weighted by atomic mass is 10.3. The van der Waals surface area contributed by atoms with Crippen LogP contribution in [0.4, 0.5) is 0 Å². The minimum absolute atomic E-state index is 0.169. The van der Waals surface area contributed by atoms with E-state index in [4.69, 9.17) is 0 Å². The van der Waals surface area contributed by atoms with E-state index in [1.807, 2.05) is 16.9 Å². The van der Waals surface area contributed by atoms with Gasteiger partial charge in [-0.25, -0.2) is 0 Å². The van der Waals surface area contributed by atoms with Crippen molar-refractivity contribution in [1.82, 2.24) is 14.8 Å². The van der Waals surface area contributed by atoms with Crippen molar-refractivity contribution in [1.29, 1.82) is 0 Å². The van der Waals surface area contributed by atoms with Crippen LogP contribution in [0, 0.1) is 6.92 Å². The van der Waals surface area contributed by atoms with Gasteiger partial charge in [-0.1, -0.05) is 11.3 Å². The number of hydrogen-bond acceptors (Lipinski definition) is 4. The third-order valence-corrected chi connectivity index (χ3v) is 3.71. The van der Waals surface area contributed by atoms with E-state index in [1.165, 1.54) is 11.3 Å². The zero-order valence-corrected chi connectivity index (χ0v) is 9.85. The summed E-state index contributed by atoms with van der Waals surface area (Å²) in [6.45, 7) is 8.13. The van der Waals surface area contributed by atoms with Crippen molar-refractivity contribution in [2.75, 3.05) is 32.7 Å². The third-order valence-electron chi connectivity index (χ3n) is 2.83. The van der Waals surface area contributed by atoms with Gasteiger partial charge in [0.25, 0.3) is 0 Å². The van der Waals surface area contributed by atoms with E-state index >= 15 is 0 Å². The van der Waals surface area contributed by atoms with Crippen LogP contribution in [0.5, 0.6) is 0 Å². The molecule has 5 heteroatoms. The van der Waals surface area contributed by atoms with Gasteiger partial charge in [0.1, 0.15) is 0 Å². The molecule has 1 aliphatic heterocycles. The maximum absolute atomic E-state index is 11.5. The Morgan fingerprint density at radius 1 is 1.40 bits per heavy atom. The number of aryl methyl sites for hydroxylation is 1. The van der Waals surface area contributed by atoms with Gasteiger partial charge in [0.2, 0.25) is 0 Å². The third kappa shape index (κ3) is 2.68. The number of piperazine rings is 1. The van der Waals surface area contributed by atoms with Crippen LogP contribution in [0.25, 0.3) is 0 Å². The summed E-state index contributed by atoms with van der Waals surface area (Å²) in [6, 6.07) is 0. The first-order chi connectivity index (χ1) is 7.27. The lowest BCUT2D eigenvalue weighted by Crippen LogP contribution is -2.44. The van der Waals surface area contributed by atoms with Crippen LogP contribution in [0.15, 0.2) is 10.2 Å². The van der Waals surface area contributed by atoms with E-state index in [0.29, 0.717) is 0 Å². The minimum atomic E-state index is 0.169. The molecule has 1 aliphatic rings. The standard InChI is InChI=1S/C10H17N3OS/c1-9-8-15-10(14)13(9)7-6-12-4-2-11-3-5-12/h8,11H,2-7H2,1H3. The van der Waals surface area contributed by atoms with Crippen LogP contribution < -0.4 is 10.2 Å². The van der Waals surface area contributed by atoms with Gasteiger partial charge in [0, 0.05) is 50.3 Å². The molecule has 1 saturated heterocycles. The molecule has 0 radical (unpaired) electrons. The zero-order valence-electron chi connectivity index (χ0n) is 9.03. The van der Waals surface area contributed by atoms with Gasteiger partial charge in [0.15, 0.2) is 0 Å². The van der Waals surface area contributed by atoms with E-state index in [1.54, 1.807) is 0 Å². The fourth-order valence-corrected chi connectivity index (χ4v) is 2.61. The van der Waals surface area contributed by atoms with E-state index in [2.05, 4.69) is 10.2 Å². The van der Waals surface area contributed by atoms with Crippen molar-refractivity contribution < 1.29 is 0 Å². The molecule has 1 fully saturated rings. The number of thiazole rings is 1. The molecule has 0 unspecified atom stereocenters. The van der Waals surface area contributed by atoms with Crippen molar-refractivity contribution in [2.24, 2.45) is 0 Å². The van der Waals surface area contributed by atoms with Crippen molar-refractivity contribution in [3.63, 3.8) is 0 Å². The Bertz CT molecular complexity index is 365. The maximum Gasteiger partial charge on any atom is 0.307 e. The van der Waals surface area contributed by atoms with E-state index in [-0.39, 0.29) is 4.87 Å². The molecule has 1 N–H and O–H groups in total. The van der Waals surface area contributed by atoms with Gasteiger partial charge in [-0.3, -0.25) is 9.69 Å². The number of rotatable bonds is 3. The fraction of sp³-hybridized carbons (Fsp3) is 0.700. The summed E-state index contributed by atoms with van der Waals surface area (Å²) < 4.78 is 1.87. The van der Waals surface area contributed by atoms with Gasteiger partial charge in [0.05, 0.1) is 0 Å². The smallest absolute Gasteiger partial charge is 0.307 e.